The molecule has 274 valence electrons. The van der Waals surface area contributed by atoms with E-state index < -0.39 is 46.6 Å². The van der Waals surface area contributed by atoms with Gasteiger partial charge in [-0.05, 0) is 88.4 Å². The van der Waals surface area contributed by atoms with E-state index in [1.807, 2.05) is 0 Å². The summed E-state index contributed by atoms with van der Waals surface area (Å²) in [6.07, 6.45) is 2.61. The Bertz CT molecular complexity index is 2000. The van der Waals surface area contributed by atoms with Gasteiger partial charge in [0, 0.05) is 22.7 Å². The van der Waals surface area contributed by atoms with Crippen molar-refractivity contribution in [2.24, 2.45) is 0 Å². The topological polar surface area (TPSA) is 134 Å². The lowest BCUT2D eigenvalue weighted by Gasteiger charge is -2.32. The summed E-state index contributed by atoms with van der Waals surface area (Å²) >= 11 is 0. The second-order valence-corrected chi connectivity index (χ2v) is 12.7. The van der Waals surface area contributed by atoms with Gasteiger partial charge in [-0.3, -0.25) is 38.8 Å². The number of ether oxygens (including phenoxy) is 2. The van der Waals surface area contributed by atoms with E-state index in [1.165, 1.54) is 60.1 Å². The van der Waals surface area contributed by atoms with Gasteiger partial charge in [-0.1, -0.05) is 72.8 Å². The molecule has 4 aromatic carbocycles. The molecule has 2 atom stereocenters. The highest BCUT2D eigenvalue weighted by molar-refractivity contribution is 6.48. The average Bonchev–Trinajstić information content (AvgIpc) is 3.62. The third-order valence-corrected chi connectivity index (χ3v) is 9.11. The maximum Gasteiger partial charge on any atom is 0.336 e. The van der Waals surface area contributed by atoms with Crippen LogP contribution < -0.4 is 19.6 Å². The Hall–Kier alpha value is -6.82. The molecule has 2 heterocycles. The fourth-order valence-electron chi connectivity index (χ4n) is 6.61. The highest BCUT2D eigenvalue weighted by Gasteiger charge is 2.54. The second-order valence-electron chi connectivity index (χ2n) is 12.7. The molecule has 54 heavy (non-hydrogen) atoms. The lowest BCUT2D eigenvalue weighted by molar-refractivity contribution is -0.148. The van der Waals surface area contributed by atoms with Crippen LogP contribution in [-0.2, 0) is 38.2 Å². The number of benzene rings is 4. The van der Waals surface area contributed by atoms with Crippen molar-refractivity contribution in [3.63, 3.8) is 0 Å². The molecule has 2 aliphatic rings. The van der Waals surface area contributed by atoms with Crippen LogP contribution in [0.2, 0.25) is 0 Å². The van der Waals surface area contributed by atoms with Crippen LogP contribution >= 0.6 is 0 Å². The minimum absolute atomic E-state index is 0.0220. The van der Waals surface area contributed by atoms with Crippen molar-refractivity contribution in [3.8, 4) is 0 Å². The summed E-state index contributed by atoms with van der Waals surface area (Å²) < 4.78 is 10.8. The second kappa shape index (κ2) is 15.0. The van der Waals surface area contributed by atoms with E-state index in [9.17, 15) is 28.8 Å². The van der Waals surface area contributed by atoms with Crippen LogP contribution in [0, 0.1) is 0 Å². The molecule has 4 amide bonds. The fourth-order valence-corrected chi connectivity index (χ4v) is 6.61. The van der Waals surface area contributed by atoms with E-state index in [-0.39, 0.29) is 36.0 Å². The van der Waals surface area contributed by atoms with E-state index >= 15 is 0 Å². The molecule has 12 heteroatoms. The van der Waals surface area contributed by atoms with Crippen molar-refractivity contribution in [3.05, 3.63) is 145 Å². The Kier molecular flexibility index (Phi) is 10.3. The normalized spacial score (nSPS) is 19.2. The minimum atomic E-state index is -1.72. The Balaban J connectivity index is 1.51. The molecule has 0 N–H and O–H groups in total. The van der Waals surface area contributed by atoms with Gasteiger partial charge >= 0.3 is 23.8 Å². The van der Waals surface area contributed by atoms with Crippen LogP contribution in [0.1, 0.15) is 27.7 Å². The molecule has 12 nitrogen and oxygen atoms in total. The number of rotatable bonds is 10. The third kappa shape index (κ3) is 6.42. The SMILES string of the molecule is CCOC(=O)C1(C)C=C(N(C(=O)C(=O)N(C2=CC(C)(C(=O)OCC)N(c3ccccc3)C2=O)c2ccccc2)c2ccccc2)C(=O)N1c1ccccc1. The molecule has 0 aliphatic carbocycles. The maximum absolute atomic E-state index is 14.9. The minimum Gasteiger partial charge on any atom is -0.464 e. The van der Waals surface area contributed by atoms with Gasteiger partial charge in [-0.15, -0.1) is 0 Å². The summed E-state index contributed by atoms with van der Waals surface area (Å²) in [6, 6.07) is 32.9. The molecule has 0 aromatic heterocycles. The molecule has 0 saturated heterocycles. The first-order valence-corrected chi connectivity index (χ1v) is 17.4. The predicted molar refractivity (Wildman–Crippen MR) is 202 cm³/mol. The zero-order valence-corrected chi connectivity index (χ0v) is 30.2. The number of carbonyl (C=O) groups excluding carboxylic acids is 6. The van der Waals surface area contributed by atoms with E-state index in [4.69, 9.17) is 9.47 Å². The quantitative estimate of drug-likeness (QED) is 0.153. The zero-order chi connectivity index (χ0) is 38.6. The van der Waals surface area contributed by atoms with Crippen LogP contribution in [0.3, 0.4) is 0 Å². The molecule has 0 fully saturated rings. The summed E-state index contributed by atoms with van der Waals surface area (Å²) in [5, 5.41) is 0. The Morgan fingerprint density at radius 1 is 0.519 bits per heavy atom. The summed E-state index contributed by atoms with van der Waals surface area (Å²) in [7, 11) is 0. The standard InChI is InChI=1S/C42H38N4O8/c1-5-53-39(51)41(3)27-33(35(47)45(41)31-23-15-9-16-24-31)43(29-19-11-7-12-20-29)37(49)38(50)44(30-21-13-8-14-22-30)34-28-42(4,40(52)54-6-2)46(36(34)48)32-25-17-10-18-26-32/h7-28H,5-6H2,1-4H3. The van der Waals surface area contributed by atoms with E-state index in [0.717, 1.165) is 9.80 Å². The van der Waals surface area contributed by atoms with E-state index in [0.29, 0.717) is 11.4 Å². The molecule has 4 aromatic rings. The number of amides is 4. The Morgan fingerprint density at radius 2 is 0.815 bits per heavy atom. The van der Waals surface area contributed by atoms with Gasteiger partial charge < -0.3 is 9.47 Å². The third-order valence-electron chi connectivity index (χ3n) is 9.11. The molecular formula is C42H38N4O8. The van der Waals surface area contributed by atoms with Crippen LogP contribution in [-0.4, -0.2) is 59.9 Å². The summed E-state index contributed by atoms with van der Waals surface area (Å²) in [4.78, 5) is 90.4. The van der Waals surface area contributed by atoms with Crippen molar-refractivity contribution in [2.45, 2.75) is 38.8 Å². The summed E-state index contributed by atoms with van der Waals surface area (Å²) in [5.74, 6) is -5.47. The smallest absolute Gasteiger partial charge is 0.336 e. The van der Waals surface area contributed by atoms with Gasteiger partial charge in [0.15, 0.2) is 11.1 Å². The van der Waals surface area contributed by atoms with E-state index in [2.05, 4.69) is 0 Å². The lowest BCUT2D eigenvalue weighted by atomic mass is 10.0. The molecule has 6 rings (SSSR count). The predicted octanol–water partition coefficient (Wildman–Crippen LogP) is 5.56. The van der Waals surface area contributed by atoms with Gasteiger partial charge in [0.1, 0.15) is 11.4 Å². The van der Waals surface area contributed by atoms with Gasteiger partial charge in [-0.25, -0.2) is 9.59 Å². The monoisotopic (exact) mass is 726 g/mol. The molecule has 2 aliphatic heterocycles. The van der Waals surface area contributed by atoms with Crippen molar-refractivity contribution in [1.29, 1.82) is 0 Å². The van der Waals surface area contributed by atoms with Crippen molar-refractivity contribution >= 4 is 58.3 Å². The van der Waals surface area contributed by atoms with Gasteiger partial charge in [0.05, 0.1) is 13.2 Å². The first-order chi connectivity index (χ1) is 26.0. The largest absolute Gasteiger partial charge is 0.464 e. The zero-order valence-electron chi connectivity index (χ0n) is 30.2. The molecule has 0 bridgehead atoms. The Labute approximate surface area is 312 Å². The first kappa shape index (κ1) is 37.0. The maximum atomic E-state index is 14.9. The molecule has 0 saturated carbocycles. The van der Waals surface area contributed by atoms with Gasteiger partial charge in [0.25, 0.3) is 11.8 Å². The molecule has 0 spiro atoms. The lowest BCUT2D eigenvalue weighted by Crippen LogP contribution is -2.52. The number of anilines is 4. The van der Waals surface area contributed by atoms with Crippen LogP contribution in [0.4, 0.5) is 22.7 Å². The number of hydrogen-bond donors (Lipinski definition) is 0. The number of para-hydroxylation sites is 4. The van der Waals surface area contributed by atoms with Crippen molar-refractivity contribution in [2.75, 3.05) is 32.8 Å². The van der Waals surface area contributed by atoms with Gasteiger partial charge in [0.2, 0.25) is 0 Å². The number of hydrogen-bond acceptors (Lipinski definition) is 8. The number of nitrogens with zero attached hydrogens (tertiary/aromatic N) is 4. The van der Waals surface area contributed by atoms with Crippen LogP contribution in [0.25, 0.3) is 0 Å². The molecule has 2 unspecified atom stereocenters. The first-order valence-electron chi connectivity index (χ1n) is 17.4. The summed E-state index contributed by atoms with van der Waals surface area (Å²) in [6.45, 7) is 6.30. The van der Waals surface area contributed by atoms with E-state index in [1.54, 1.807) is 111 Å². The highest BCUT2D eigenvalue weighted by atomic mass is 16.5. The van der Waals surface area contributed by atoms with Crippen LogP contribution in [0.15, 0.2) is 145 Å². The number of carbonyl (C=O) groups is 6. The fraction of sp³-hybridized carbons (Fsp3) is 0.190. The van der Waals surface area contributed by atoms with Crippen molar-refractivity contribution in [1.82, 2.24) is 0 Å². The summed E-state index contributed by atoms with van der Waals surface area (Å²) in [5.41, 5.74) is -3.05. The highest BCUT2D eigenvalue weighted by Crippen LogP contribution is 2.40. The van der Waals surface area contributed by atoms with Crippen LogP contribution in [0.5, 0.6) is 0 Å². The average molecular weight is 727 g/mol. The Morgan fingerprint density at radius 3 is 1.11 bits per heavy atom. The molecule has 0 radical (unpaired) electrons. The molecular weight excluding hydrogens is 688 g/mol. The number of esters is 2. The van der Waals surface area contributed by atoms with Gasteiger partial charge in [-0.2, -0.15) is 0 Å². The van der Waals surface area contributed by atoms with Crippen molar-refractivity contribution < 1.29 is 38.2 Å².